The van der Waals surface area contributed by atoms with Gasteiger partial charge in [-0.1, -0.05) is 27.7 Å². The van der Waals surface area contributed by atoms with Gasteiger partial charge in [0.15, 0.2) is 0 Å². The molecule has 1 saturated heterocycles. The van der Waals surface area contributed by atoms with Gasteiger partial charge >= 0.3 is 0 Å². The summed E-state index contributed by atoms with van der Waals surface area (Å²) in [5.41, 5.74) is 0.477. The third-order valence-electron chi connectivity index (χ3n) is 4.76. The highest BCUT2D eigenvalue weighted by atomic mass is 16.2. The van der Waals surface area contributed by atoms with Crippen LogP contribution in [0.1, 0.15) is 66.2 Å². The molecule has 1 heterocycles. The van der Waals surface area contributed by atoms with E-state index in [1.54, 1.807) is 0 Å². The largest absolute Gasteiger partial charge is 0.338 e. The van der Waals surface area contributed by atoms with Gasteiger partial charge in [0.25, 0.3) is 0 Å². The molecule has 0 spiro atoms. The van der Waals surface area contributed by atoms with E-state index in [0.29, 0.717) is 23.4 Å². The van der Waals surface area contributed by atoms with Crippen LogP contribution in [0.5, 0.6) is 0 Å². The average Bonchev–Trinajstić information content (AvgIpc) is 2.32. The third-order valence-corrected chi connectivity index (χ3v) is 4.76. The van der Waals surface area contributed by atoms with Crippen LogP contribution in [0.3, 0.4) is 0 Å². The van der Waals surface area contributed by atoms with Gasteiger partial charge in [-0.3, -0.25) is 4.79 Å². The number of carbonyl (C=O) groups is 1. The molecule has 1 atom stereocenters. The van der Waals surface area contributed by atoms with E-state index in [-0.39, 0.29) is 6.04 Å². The topological polar surface area (TPSA) is 32.3 Å². The van der Waals surface area contributed by atoms with Crippen molar-refractivity contribution in [1.29, 1.82) is 0 Å². The standard InChI is InChI=1S/C16H30N2O/c1-12(2)17-14-6-5-11-18(15(14)19)13-7-9-16(3,4)10-8-13/h12-14,17H,5-11H2,1-4H3. The molecule has 1 aliphatic heterocycles. The molecule has 2 fully saturated rings. The van der Waals surface area contributed by atoms with Crippen LogP contribution in [0.4, 0.5) is 0 Å². The van der Waals surface area contributed by atoms with Crippen molar-refractivity contribution in [2.45, 2.75) is 84.3 Å². The van der Waals surface area contributed by atoms with E-state index in [1.165, 1.54) is 25.7 Å². The summed E-state index contributed by atoms with van der Waals surface area (Å²) >= 11 is 0. The van der Waals surface area contributed by atoms with Crippen LogP contribution in [0.15, 0.2) is 0 Å². The molecular weight excluding hydrogens is 236 g/mol. The summed E-state index contributed by atoms with van der Waals surface area (Å²) in [6.45, 7) is 9.92. The van der Waals surface area contributed by atoms with Crippen LogP contribution in [0.2, 0.25) is 0 Å². The number of rotatable bonds is 3. The van der Waals surface area contributed by atoms with Gasteiger partial charge in [-0.05, 0) is 43.9 Å². The second kappa shape index (κ2) is 5.82. The van der Waals surface area contributed by atoms with Crippen molar-refractivity contribution in [1.82, 2.24) is 10.2 Å². The number of likely N-dealkylation sites (tertiary alicyclic amines) is 1. The summed E-state index contributed by atoms with van der Waals surface area (Å²) < 4.78 is 0. The smallest absolute Gasteiger partial charge is 0.239 e. The van der Waals surface area contributed by atoms with Crippen molar-refractivity contribution >= 4 is 5.91 Å². The number of hydrogen-bond donors (Lipinski definition) is 1. The molecule has 3 nitrogen and oxygen atoms in total. The molecule has 1 saturated carbocycles. The van der Waals surface area contributed by atoms with Crippen molar-refractivity contribution < 1.29 is 4.79 Å². The monoisotopic (exact) mass is 266 g/mol. The van der Waals surface area contributed by atoms with E-state index < -0.39 is 0 Å². The second-order valence-electron chi connectivity index (χ2n) is 7.44. The Bertz CT molecular complexity index is 315. The molecule has 0 bridgehead atoms. The van der Waals surface area contributed by atoms with Crippen molar-refractivity contribution in [3.8, 4) is 0 Å². The lowest BCUT2D eigenvalue weighted by Gasteiger charge is -2.43. The Labute approximate surface area is 118 Å². The molecule has 0 radical (unpaired) electrons. The summed E-state index contributed by atoms with van der Waals surface area (Å²) in [7, 11) is 0. The van der Waals surface area contributed by atoms with Crippen LogP contribution in [0, 0.1) is 5.41 Å². The van der Waals surface area contributed by atoms with E-state index in [0.717, 1.165) is 19.4 Å². The van der Waals surface area contributed by atoms with E-state index in [9.17, 15) is 4.79 Å². The highest BCUT2D eigenvalue weighted by Gasteiger charge is 2.36. The summed E-state index contributed by atoms with van der Waals surface area (Å²) in [5.74, 6) is 0.352. The third kappa shape index (κ3) is 3.71. The molecule has 3 heteroatoms. The van der Waals surface area contributed by atoms with Gasteiger partial charge < -0.3 is 10.2 Å². The van der Waals surface area contributed by atoms with Crippen LogP contribution in [-0.2, 0) is 4.79 Å². The molecule has 2 rings (SSSR count). The van der Waals surface area contributed by atoms with Crippen molar-refractivity contribution in [3.63, 3.8) is 0 Å². The van der Waals surface area contributed by atoms with Gasteiger partial charge in [0.2, 0.25) is 5.91 Å². The summed E-state index contributed by atoms with van der Waals surface area (Å²) in [6, 6.07) is 0.945. The molecule has 19 heavy (non-hydrogen) atoms. The van der Waals surface area contributed by atoms with Crippen LogP contribution in [0.25, 0.3) is 0 Å². The van der Waals surface area contributed by atoms with Crippen molar-refractivity contribution in [2.24, 2.45) is 5.41 Å². The minimum atomic E-state index is 0.0590. The molecule has 1 amide bonds. The lowest BCUT2D eigenvalue weighted by Crippen LogP contribution is -2.56. The summed E-state index contributed by atoms with van der Waals surface area (Å²) in [4.78, 5) is 14.8. The zero-order valence-electron chi connectivity index (χ0n) is 13.0. The van der Waals surface area contributed by atoms with Gasteiger partial charge in [-0.15, -0.1) is 0 Å². The first-order valence-electron chi connectivity index (χ1n) is 7.95. The highest BCUT2D eigenvalue weighted by molar-refractivity contribution is 5.83. The van der Waals surface area contributed by atoms with E-state index in [2.05, 4.69) is 37.9 Å². The molecule has 0 aromatic rings. The normalized spacial score (nSPS) is 29.0. The van der Waals surface area contributed by atoms with Gasteiger partial charge in [0, 0.05) is 18.6 Å². The SMILES string of the molecule is CC(C)NC1CCCN(C2CCC(C)(C)CC2)C1=O. The Hall–Kier alpha value is -0.570. The zero-order valence-corrected chi connectivity index (χ0v) is 13.0. The van der Waals surface area contributed by atoms with Crippen LogP contribution < -0.4 is 5.32 Å². The van der Waals surface area contributed by atoms with E-state index in [4.69, 9.17) is 0 Å². The summed E-state index contributed by atoms with van der Waals surface area (Å²) in [5, 5.41) is 3.43. The Balaban J connectivity index is 1.94. The Kier molecular flexibility index (Phi) is 4.54. The lowest BCUT2D eigenvalue weighted by molar-refractivity contribution is -0.140. The van der Waals surface area contributed by atoms with Crippen molar-refractivity contribution in [3.05, 3.63) is 0 Å². The predicted octanol–water partition coefficient (Wildman–Crippen LogP) is 2.94. The zero-order chi connectivity index (χ0) is 14.0. The van der Waals surface area contributed by atoms with E-state index in [1.807, 2.05) is 0 Å². The molecule has 0 aromatic carbocycles. The van der Waals surface area contributed by atoms with Crippen LogP contribution in [-0.4, -0.2) is 35.5 Å². The molecule has 2 aliphatic rings. The van der Waals surface area contributed by atoms with Gasteiger partial charge in [0.05, 0.1) is 6.04 Å². The Morgan fingerprint density at radius 1 is 1.21 bits per heavy atom. The lowest BCUT2D eigenvalue weighted by atomic mass is 9.75. The van der Waals surface area contributed by atoms with Gasteiger partial charge in [-0.25, -0.2) is 0 Å². The fourth-order valence-electron chi connectivity index (χ4n) is 3.51. The number of carbonyl (C=O) groups excluding carboxylic acids is 1. The highest BCUT2D eigenvalue weighted by Crippen LogP contribution is 2.37. The molecular formula is C16H30N2O. The minimum absolute atomic E-state index is 0.0590. The molecule has 1 aliphatic carbocycles. The maximum absolute atomic E-state index is 12.6. The van der Waals surface area contributed by atoms with Gasteiger partial charge in [0.1, 0.15) is 0 Å². The quantitative estimate of drug-likeness (QED) is 0.852. The minimum Gasteiger partial charge on any atom is -0.338 e. The second-order valence-corrected chi connectivity index (χ2v) is 7.44. The predicted molar refractivity (Wildman–Crippen MR) is 79.0 cm³/mol. The Morgan fingerprint density at radius 2 is 1.84 bits per heavy atom. The molecule has 110 valence electrons. The number of nitrogens with one attached hydrogen (secondary N) is 1. The van der Waals surface area contributed by atoms with Crippen LogP contribution >= 0.6 is 0 Å². The van der Waals surface area contributed by atoms with E-state index >= 15 is 0 Å². The number of piperidine rings is 1. The first-order valence-corrected chi connectivity index (χ1v) is 7.95. The number of hydrogen-bond acceptors (Lipinski definition) is 2. The maximum atomic E-state index is 12.6. The fraction of sp³-hybridized carbons (Fsp3) is 0.938. The Morgan fingerprint density at radius 3 is 2.42 bits per heavy atom. The number of nitrogens with zero attached hydrogens (tertiary/aromatic N) is 1. The molecule has 1 N–H and O–H groups in total. The molecule has 0 aromatic heterocycles. The maximum Gasteiger partial charge on any atom is 0.239 e. The molecule has 1 unspecified atom stereocenters. The fourth-order valence-corrected chi connectivity index (χ4v) is 3.51. The van der Waals surface area contributed by atoms with Gasteiger partial charge in [-0.2, -0.15) is 0 Å². The first-order chi connectivity index (χ1) is 8.89. The number of amides is 1. The average molecular weight is 266 g/mol. The summed E-state index contributed by atoms with van der Waals surface area (Å²) in [6.07, 6.45) is 7.04. The van der Waals surface area contributed by atoms with Crippen molar-refractivity contribution in [2.75, 3.05) is 6.54 Å². The first kappa shape index (κ1) is 14.8.